The number of thiazole rings is 1. The lowest BCUT2D eigenvalue weighted by Crippen LogP contribution is -2.15. The summed E-state index contributed by atoms with van der Waals surface area (Å²) in [6.07, 6.45) is 1.37. The highest BCUT2D eigenvalue weighted by Gasteiger charge is 2.15. The van der Waals surface area contributed by atoms with Gasteiger partial charge in [0.05, 0.1) is 5.69 Å². The lowest BCUT2D eigenvalue weighted by atomic mass is 10.2. The summed E-state index contributed by atoms with van der Waals surface area (Å²) < 4.78 is 13.3. The summed E-state index contributed by atoms with van der Waals surface area (Å²) in [6.45, 7) is 4.03. The molecule has 2 rings (SSSR count). The van der Waals surface area contributed by atoms with Gasteiger partial charge in [-0.3, -0.25) is 10.1 Å². The van der Waals surface area contributed by atoms with E-state index in [1.54, 1.807) is 0 Å². The zero-order chi connectivity index (χ0) is 13.1. The maximum atomic E-state index is 13.3. The van der Waals surface area contributed by atoms with Crippen molar-refractivity contribution in [3.05, 3.63) is 40.9 Å². The second-order valence-corrected chi connectivity index (χ2v) is 4.88. The van der Waals surface area contributed by atoms with Crippen molar-refractivity contribution < 1.29 is 9.18 Å². The molecule has 0 spiro atoms. The predicted octanol–water partition coefficient (Wildman–Crippen LogP) is 3.05. The Morgan fingerprint density at radius 2 is 2.28 bits per heavy atom. The van der Waals surface area contributed by atoms with Crippen LogP contribution in [-0.2, 0) is 0 Å². The zero-order valence-corrected chi connectivity index (χ0v) is 10.8. The molecule has 18 heavy (non-hydrogen) atoms. The van der Waals surface area contributed by atoms with Crippen molar-refractivity contribution >= 4 is 22.4 Å². The van der Waals surface area contributed by atoms with Crippen molar-refractivity contribution in [1.29, 1.82) is 0 Å². The molecule has 0 radical (unpaired) electrons. The third-order valence-corrected chi connectivity index (χ3v) is 3.08. The number of pyridine rings is 1. The van der Waals surface area contributed by atoms with Crippen molar-refractivity contribution in [2.75, 3.05) is 5.32 Å². The van der Waals surface area contributed by atoms with Crippen LogP contribution < -0.4 is 5.32 Å². The van der Waals surface area contributed by atoms with Crippen LogP contribution in [0.4, 0.5) is 9.52 Å². The quantitative estimate of drug-likeness (QED) is 0.928. The normalized spacial score (nSPS) is 10.7. The van der Waals surface area contributed by atoms with Crippen molar-refractivity contribution in [2.24, 2.45) is 0 Å². The topological polar surface area (TPSA) is 54.9 Å². The van der Waals surface area contributed by atoms with Gasteiger partial charge in [-0.05, 0) is 18.1 Å². The first-order chi connectivity index (χ1) is 8.58. The molecule has 1 N–H and O–H groups in total. The van der Waals surface area contributed by atoms with E-state index in [0.717, 1.165) is 5.69 Å². The first-order valence-electron chi connectivity index (χ1n) is 5.45. The summed E-state index contributed by atoms with van der Waals surface area (Å²) >= 11 is 1.31. The molecule has 1 amide bonds. The Bertz CT molecular complexity index is 568. The van der Waals surface area contributed by atoms with Gasteiger partial charge in [-0.2, -0.15) is 0 Å². The summed E-state index contributed by atoms with van der Waals surface area (Å²) in [7, 11) is 0. The summed E-state index contributed by atoms with van der Waals surface area (Å²) in [5.41, 5.74) is 0.676. The van der Waals surface area contributed by atoms with Gasteiger partial charge in [-0.15, -0.1) is 11.3 Å². The van der Waals surface area contributed by atoms with Crippen LogP contribution in [-0.4, -0.2) is 15.9 Å². The van der Waals surface area contributed by atoms with Crippen molar-refractivity contribution in [1.82, 2.24) is 9.97 Å². The minimum absolute atomic E-state index is 0.223. The Hall–Kier alpha value is -1.82. The molecule has 94 valence electrons. The summed E-state index contributed by atoms with van der Waals surface area (Å²) in [4.78, 5) is 19.7. The number of nitrogens with zero attached hydrogens (tertiary/aromatic N) is 2. The highest BCUT2D eigenvalue weighted by atomic mass is 32.1. The van der Waals surface area contributed by atoms with Gasteiger partial charge in [0, 0.05) is 11.6 Å². The lowest BCUT2D eigenvalue weighted by molar-refractivity contribution is 0.101. The minimum atomic E-state index is -0.643. The molecule has 0 aliphatic heterocycles. The first-order valence-corrected chi connectivity index (χ1v) is 6.33. The van der Waals surface area contributed by atoms with E-state index >= 15 is 0 Å². The first kappa shape index (κ1) is 12.6. The summed E-state index contributed by atoms with van der Waals surface area (Å²) in [6, 6.07) is 2.63. The number of hydrogen-bond acceptors (Lipinski definition) is 4. The van der Waals surface area contributed by atoms with E-state index in [0.29, 0.717) is 11.0 Å². The molecular formula is C12H12FN3OS. The maximum Gasteiger partial charge on any atom is 0.279 e. The number of carbonyl (C=O) groups is 1. The van der Waals surface area contributed by atoms with Gasteiger partial charge in [-0.25, -0.2) is 14.4 Å². The number of hydrogen-bond donors (Lipinski definition) is 1. The Balaban J connectivity index is 2.14. The van der Waals surface area contributed by atoms with Crippen LogP contribution in [0.25, 0.3) is 0 Å². The van der Waals surface area contributed by atoms with Gasteiger partial charge in [0.2, 0.25) is 0 Å². The zero-order valence-electron chi connectivity index (χ0n) is 9.98. The number of carbonyl (C=O) groups excluding carboxylic acids is 1. The Labute approximate surface area is 108 Å². The van der Waals surface area contributed by atoms with Gasteiger partial charge in [0.25, 0.3) is 5.91 Å². The molecule has 0 saturated carbocycles. The van der Waals surface area contributed by atoms with Gasteiger partial charge < -0.3 is 0 Å². The predicted molar refractivity (Wildman–Crippen MR) is 68.4 cm³/mol. The van der Waals surface area contributed by atoms with E-state index in [4.69, 9.17) is 0 Å². The van der Waals surface area contributed by atoms with E-state index in [-0.39, 0.29) is 5.69 Å². The van der Waals surface area contributed by atoms with E-state index in [9.17, 15) is 9.18 Å². The number of nitrogens with one attached hydrogen (secondary N) is 1. The highest BCUT2D eigenvalue weighted by molar-refractivity contribution is 7.14. The van der Waals surface area contributed by atoms with Crippen LogP contribution in [0.5, 0.6) is 0 Å². The molecule has 2 aromatic heterocycles. The fourth-order valence-corrected chi connectivity index (χ4v) is 2.18. The summed E-state index contributed by atoms with van der Waals surface area (Å²) in [5, 5.41) is 4.86. The minimum Gasteiger partial charge on any atom is -0.296 e. The largest absolute Gasteiger partial charge is 0.296 e. The van der Waals surface area contributed by atoms with E-state index in [1.807, 2.05) is 19.2 Å². The standard InChI is InChI=1S/C12H12FN3OS/c1-7(2)9-6-18-12(15-9)16-11(17)10-8(13)4-3-5-14-10/h3-7H,1-2H3,(H,15,16,17). The smallest absolute Gasteiger partial charge is 0.279 e. The molecule has 0 fully saturated rings. The second-order valence-electron chi connectivity index (χ2n) is 4.02. The fraction of sp³-hybridized carbons (Fsp3) is 0.250. The maximum absolute atomic E-state index is 13.3. The molecule has 6 heteroatoms. The molecule has 0 atom stereocenters. The molecule has 0 aliphatic carbocycles. The van der Waals surface area contributed by atoms with Crippen LogP contribution in [0.2, 0.25) is 0 Å². The number of aromatic nitrogens is 2. The van der Waals surface area contributed by atoms with Crippen LogP contribution in [0.3, 0.4) is 0 Å². The fourth-order valence-electron chi connectivity index (χ4n) is 1.32. The molecule has 0 bridgehead atoms. The third kappa shape index (κ3) is 2.70. The molecule has 0 aromatic carbocycles. The van der Waals surface area contributed by atoms with Crippen LogP contribution in [0.1, 0.15) is 35.9 Å². The van der Waals surface area contributed by atoms with Crippen molar-refractivity contribution in [3.63, 3.8) is 0 Å². The average molecular weight is 265 g/mol. The number of amides is 1. The molecule has 2 aromatic rings. The van der Waals surface area contributed by atoms with Gasteiger partial charge in [0.1, 0.15) is 0 Å². The molecule has 4 nitrogen and oxygen atoms in total. The molecule has 2 heterocycles. The van der Waals surface area contributed by atoms with Gasteiger partial charge in [0.15, 0.2) is 16.6 Å². The summed E-state index contributed by atoms with van der Waals surface area (Å²) in [5.74, 6) is -0.938. The number of anilines is 1. The highest BCUT2D eigenvalue weighted by Crippen LogP contribution is 2.21. The number of halogens is 1. The van der Waals surface area contributed by atoms with Gasteiger partial charge >= 0.3 is 0 Å². The number of rotatable bonds is 3. The van der Waals surface area contributed by atoms with Crippen LogP contribution in [0.15, 0.2) is 23.7 Å². The van der Waals surface area contributed by atoms with Crippen LogP contribution in [0, 0.1) is 5.82 Å². The Kier molecular flexibility index (Phi) is 3.66. The van der Waals surface area contributed by atoms with E-state index in [1.165, 1.54) is 29.7 Å². The SMILES string of the molecule is CC(C)c1csc(NC(=O)c2ncccc2F)n1. The molecular weight excluding hydrogens is 253 g/mol. The third-order valence-electron chi connectivity index (χ3n) is 2.31. The van der Waals surface area contributed by atoms with Crippen LogP contribution >= 0.6 is 11.3 Å². The molecule has 0 aliphatic rings. The molecule has 0 saturated heterocycles. The Morgan fingerprint density at radius 3 is 2.89 bits per heavy atom. The second kappa shape index (κ2) is 5.22. The Morgan fingerprint density at radius 1 is 1.50 bits per heavy atom. The van der Waals surface area contributed by atoms with E-state index in [2.05, 4.69) is 15.3 Å². The average Bonchev–Trinajstić information content (AvgIpc) is 2.78. The lowest BCUT2D eigenvalue weighted by Gasteiger charge is -2.02. The van der Waals surface area contributed by atoms with Crippen molar-refractivity contribution in [3.8, 4) is 0 Å². The molecule has 0 unspecified atom stereocenters. The van der Waals surface area contributed by atoms with E-state index < -0.39 is 11.7 Å². The monoisotopic (exact) mass is 265 g/mol. The van der Waals surface area contributed by atoms with Gasteiger partial charge in [-0.1, -0.05) is 13.8 Å². The van der Waals surface area contributed by atoms with Crippen molar-refractivity contribution in [2.45, 2.75) is 19.8 Å².